The highest BCUT2D eigenvalue weighted by atomic mass is 31.0. The molecule has 2 unspecified atom stereocenters. The zero-order chi connectivity index (χ0) is 13.0. The molecule has 0 radical (unpaired) electrons. The molecule has 2 aliphatic carbocycles. The summed E-state index contributed by atoms with van der Waals surface area (Å²) in [5, 5.41) is 0. The smallest absolute Gasteiger partial charge is 0.0285 e. The summed E-state index contributed by atoms with van der Waals surface area (Å²) in [7, 11) is 0.768. The van der Waals surface area contributed by atoms with Gasteiger partial charge in [-0.2, -0.15) is 0 Å². The van der Waals surface area contributed by atoms with Crippen LogP contribution in [-0.4, -0.2) is 0 Å². The minimum Gasteiger partial charge on any atom is -0.124 e. The third-order valence-electron chi connectivity index (χ3n) is 4.09. The topological polar surface area (TPSA) is 0 Å². The Labute approximate surface area is 114 Å². The third-order valence-corrected chi connectivity index (χ3v) is 5.46. The van der Waals surface area contributed by atoms with E-state index in [0.29, 0.717) is 5.92 Å². The summed E-state index contributed by atoms with van der Waals surface area (Å²) in [5.74, 6) is 0.422. The van der Waals surface area contributed by atoms with Crippen LogP contribution in [0.1, 0.15) is 29.5 Å². The summed E-state index contributed by atoms with van der Waals surface area (Å²) in [6.07, 6.45) is 6.95. The molecular formula is C18H15P. The first-order chi connectivity index (χ1) is 9.24. The average Bonchev–Trinajstić information content (AvgIpc) is 3.05. The third kappa shape index (κ3) is 1.54. The summed E-state index contributed by atoms with van der Waals surface area (Å²) in [6.45, 7) is 6.36. The van der Waals surface area contributed by atoms with Crippen molar-refractivity contribution < 1.29 is 0 Å². The lowest BCUT2D eigenvalue weighted by molar-refractivity contribution is 1.14. The van der Waals surface area contributed by atoms with Crippen molar-refractivity contribution in [2.45, 2.75) is 12.8 Å². The van der Waals surface area contributed by atoms with Gasteiger partial charge in [0.1, 0.15) is 0 Å². The Morgan fingerprint density at radius 2 is 2.05 bits per heavy atom. The summed E-state index contributed by atoms with van der Waals surface area (Å²) in [4.78, 5) is 2.78. The number of rotatable bonds is 1. The van der Waals surface area contributed by atoms with Crippen LogP contribution in [0.25, 0.3) is 23.8 Å². The Bertz CT molecular complexity index is 846. The van der Waals surface area contributed by atoms with Crippen LogP contribution in [0.2, 0.25) is 0 Å². The van der Waals surface area contributed by atoms with Gasteiger partial charge in [-0.05, 0) is 45.8 Å². The Balaban J connectivity index is 1.89. The van der Waals surface area contributed by atoms with Crippen LogP contribution in [0.15, 0.2) is 42.5 Å². The van der Waals surface area contributed by atoms with Gasteiger partial charge in [0.15, 0.2) is 0 Å². The minimum atomic E-state index is 0.422. The van der Waals surface area contributed by atoms with E-state index in [9.17, 15) is 0 Å². The SMILES string of the molecule is C=c1cc2c([pH]1)=C(C)C=C2C1C=Cc2ccccc21. The van der Waals surface area contributed by atoms with Crippen LogP contribution >= 0.6 is 8.19 Å². The van der Waals surface area contributed by atoms with Crippen LogP contribution in [-0.2, 0) is 0 Å². The van der Waals surface area contributed by atoms with E-state index >= 15 is 0 Å². The molecule has 1 aromatic carbocycles. The van der Waals surface area contributed by atoms with E-state index in [2.05, 4.69) is 62.1 Å². The Hall–Kier alpha value is -1.78. The van der Waals surface area contributed by atoms with E-state index < -0.39 is 0 Å². The first kappa shape index (κ1) is 11.1. The van der Waals surface area contributed by atoms with Gasteiger partial charge in [0, 0.05) is 10.9 Å². The number of hydrogen-bond donors (Lipinski definition) is 0. The molecule has 0 bridgehead atoms. The molecule has 4 rings (SSSR count). The molecule has 0 saturated carbocycles. The van der Waals surface area contributed by atoms with E-state index in [4.69, 9.17) is 0 Å². The monoisotopic (exact) mass is 262 g/mol. The maximum Gasteiger partial charge on any atom is 0.0285 e. The van der Waals surface area contributed by atoms with Gasteiger partial charge < -0.3 is 0 Å². The predicted molar refractivity (Wildman–Crippen MR) is 86.0 cm³/mol. The maximum atomic E-state index is 4.13. The lowest BCUT2D eigenvalue weighted by Crippen LogP contribution is -2.01. The maximum absolute atomic E-state index is 4.13. The predicted octanol–water partition coefficient (Wildman–Crippen LogP) is 3.51. The Kier molecular flexibility index (Phi) is 2.25. The lowest BCUT2D eigenvalue weighted by atomic mass is 9.90. The van der Waals surface area contributed by atoms with E-state index in [1.807, 2.05) is 0 Å². The van der Waals surface area contributed by atoms with Crippen molar-refractivity contribution in [3.63, 3.8) is 0 Å². The van der Waals surface area contributed by atoms with Gasteiger partial charge in [-0.15, -0.1) is 8.19 Å². The summed E-state index contributed by atoms with van der Waals surface area (Å²) < 4.78 is 0. The molecule has 2 aromatic rings. The molecule has 1 heterocycles. The summed E-state index contributed by atoms with van der Waals surface area (Å²) >= 11 is 0. The van der Waals surface area contributed by atoms with Crippen molar-refractivity contribution in [2.24, 2.45) is 0 Å². The lowest BCUT2D eigenvalue weighted by Gasteiger charge is -2.13. The second kappa shape index (κ2) is 3.85. The van der Waals surface area contributed by atoms with E-state index in [0.717, 1.165) is 8.19 Å². The molecule has 1 aromatic heterocycles. The molecule has 0 amide bonds. The molecule has 0 N–H and O–H groups in total. The van der Waals surface area contributed by atoms with Crippen molar-refractivity contribution in [1.29, 1.82) is 0 Å². The fourth-order valence-electron chi connectivity index (χ4n) is 3.21. The zero-order valence-corrected chi connectivity index (χ0v) is 11.9. The van der Waals surface area contributed by atoms with Crippen LogP contribution in [0.3, 0.4) is 0 Å². The number of benzene rings is 1. The summed E-state index contributed by atoms with van der Waals surface area (Å²) in [6, 6.07) is 11.0. The quantitative estimate of drug-likeness (QED) is 0.738. The van der Waals surface area contributed by atoms with E-state index in [1.165, 1.54) is 37.7 Å². The molecular weight excluding hydrogens is 247 g/mol. The standard InChI is InChI=1S/C18H15P/c1-11-9-16(17-10-12(2)19-18(11)17)15-8-7-13-5-3-4-6-14(13)15/h3-10,15,19H,2H2,1H3. The Morgan fingerprint density at radius 1 is 1.21 bits per heavy atom. The number of hydrogen-bond acceptors (Lipinski definition) is 0. The Morgan fingerprint density at radius 3 is 2.95 bits per heavy atom. The number of allylic oxidation sites excluding steroid dienone is 3. The van der Waals surface area contributed by atoms with Gasteiger partial charge in [-0.1, -0.05) is 49.1 Å². The molecule has 2 aliphatic rings. The van der Waals surface area contributed by atoms with E-state index in [1.54, 1.807) is 0 Å². The fourth-order valence-corrected chi connectivity index (χ4v) is 4.37. The minimum absolute atomic E-state index is 0.422. The van der Waals surface area contributed by atoms with Gasteiger partial charge >= 0.3 is 0 Å². The van der Waals surface area contributed by atoms with Crippen LogP contribution in [0.5, 0.6) is 0 Å². The molecule has 0 spiro atoms. The van der Waals surface area contributed by atoms with Gasteiger partial charge in [-0.25, -0.2) is 0 Å². The molecule has 0 saturated heterocycles. The second-order valence-corrected chi connectivity index (χ2v) is 6.72. The first-order valence-electron chi connectivity index (χ1n) is 6.62. The molecule has 0 nitrogen and oxygen atoms in total. The van der Waals surface area contributed by atoms with Crippen molar-refractivity contribution >= 4 is 32.0 Å². The highest BCUT2D eigenvalue weighted by Gasteiger charge is 2.25. The van der Waals surface area contributed by atoms with Crippen molar-refractivity contribution in [3.05, 3.63) is 69.1 Å². The van der Waals surface area contributed by atoms with Gasteiger partial charge in [0.2, 0.25) is 0 Å². The van der Waals surface area contributed by atoms with Crippen molar-refractivity contribution in [1.82, 2.24) is 0 Å². The van der Waals surface area contributed by atoms with Crippen molar-refractivity contribution in [2.75, 3.05) is 0 Å². The van der Waals surface area contributed by atoms with Gasteiger partial charge in [0.05, 0.1) is 0 Å². The fraction of sp³-hybridized carbons (Fsp3) is 0.111. The molecule has 2 atom stereocenters. The largest absolute Gasteiger partial charge is 0.124 e. The second-order valence-electron chi connectivity index (χ2n) is 5.33. The highest BCUT2D eigenvalue weighted by Crippen LogP contribution is 2.41. The highest BCUT2D eigenvalue weighted by molar-refractivity contribution is 7.28. The molecule has 1 heteroatoms. The number of fused-ring (bicyclic) bond motifs is 2. The molecule has 0 fully saturated rings. The zero-order valence-electron chi connectivity index (χ0n) is 10.9. The van der Waals surface area contributed by atoms with Crippen LogP contribution in [0, 0.1) is 0 Å². The van der Waals surface area contributed by atoms with Crippen molar-refractivity contribution in [3.8, 4) is 0 Å². The normalized spacial score (nSPS) is 19.9. The van der Waals surface area contributed by atoms with Gasteiger partial charge in [0.25, 0.3) is 0 Å². The van der Waals surface area contributed by atoms with Crippen LogP contribution in [0.4, 0.5) is 0 Å². The summed E-state index contributed by atoms with van der Waals surface area (Å²) in [5.41, 5.74) is 7.12. The van der Waals surface area contributed by atoms with Crippen LogP contribution < -0.4 is 9.90 Å². The first-order valence-corrected chi connectivity index (χ1v) is 7.62. The van der Waals surface area contributed by atoms with E-state index in [-0.39, 0.29) is 0 Å². The molecule has 92 valence electrons. The molecule has 0 aliphatic heterocycles. The average molecular weight is 262 g/mol. The van der Waals surface area contributed by atoms with Gasteiger partial charge in [-0.3, -0.25) is 0 Å². The molecule has 19 heavy (non-hydrogen) atoms.